The number of Topliss-reactive ketones (excluding diaryl/α,β-unsaturated/α-hetero) is 1. The van der Waals surface area contributed by atoms with Gasteiger partial charge in [-0.2, -0.15) is 8.78 Å². The highest BCUT2D eigenvalue weighted by Crippen LogP contribution is 2.54. The molecule has 10 aliphatic heterocycles. The van der Waals surface area contributed by atoms with Crippen LogP contribution >= 0.6 is 0 Å². The number of rotatable bonds is 5. The Bertz CT molecular complexity index is 1510. The first kappa shape index (κ1) is 38.8. The standard InChI is InChI=1S/C42H58F2O11/c1-6-42(43,44)34(46)18-32-35(47-5)27-16-23(45)15-25-8-10-29-36(50-25)40-39-38(52-29)37-33(53-39)19-41(54-37,55-40)12-11-26-14-21(3)28(48-26)9-7-24-13-20(2)22(4)30(49-24)17-31(27)51-32/h6,20,24-40,46H,1,3-4,7-19H2,2,5H3/t20?,24?,25?,26?,27?,28?,29?,30?,31?,32?,33?,34?,35?,36?,37?,38-,39?,40?,41?/m0/s1. The van der Waals surface area contributed by atoms with E-state index >= 15 is 0 Å². The fraction of sp³-hybridized carbons (Fsp3) is 0.833. The number of carbonyl (C=O) groups is 1. The SMILES string of the molecule is C=CC(F)(F)C(O)CC1OC2CC3OC(CCC4OC(CCC56CC7OC8C(O5)C5OC(CCC5O[C@H]8C7O6)CC(=O)CC2C1OC)CC4=C)CC(C)C3=C. The fourth-order valence-electron chi connectivity index (χ4n) is 11.4. The van der Waals surface area contributed by atoms with E-state index in [0.717, 1.165) is 43.3 Å². The number of hydrogen-bond acceptors (Lipinski definition) is 11. The molecule has 10 saturated heterocycles. The van der Waals surface area contributed by atoms with E-state index in [2.05, 4.69) is 26.7 Å². The molecule has 10 rings (SSSR count). The van der Waals surface area contributed by atoms with E-state index < -0.39 is 54.3 Å². The van der Waals surface area contributed by atoms with E-state index in [9.17, 15) is 18.7 Å². The number of hydrogen-bond donors (Lipinski definition) is 1. The summed E-state index contributed by atoms with van der Waals surface area (Å²) in [5, 5.41) is 10.6. The molecule has 0 aromatic carbocycles. The molecule has 55 heavy (non-hydrogen) atoms. The monoisotopic (exact) mass is 776 g/mol. The van der Waals surface area contributed by atoms with Crippen LogP contribution in [0.4, 0.5) is 8.78 Å². The Morgan fingerprint density at radius 1 is 0.836 bits per heavy atom. The van der Waals surface area contributed by atoms with Crippen molar-refractivity contribution in [3.8, 4) is 0 Å². The topological polar surface area (TPSA) is 120 Å². The van der Waals surface area contributed by atoms with Gasteiger partial charge in [0, 0.05) is 51.6 Å². The van der Waals surface area contributed by atoms with Crippen LogP contribution < -0.4 is 0 Å². The van der Waals surface area contributed by atoms with Gasteiger partial charge in [0.15, 0.2) is 5.79 Å². The van der Waals surface area contributed by atoms with Crippen LogP contribution in [-0.2, 0) is 47.4 Å². The maximum absolute atomic E-state index is 14.5. The predicted molar refractivity (Wildman–Crippen MR) is 192 cm³/mol. The van der Waals surface area contributed by atoms with Crippen LogP contribution in [0.1, 0.15) is 90.4 Å². The van der Waals surface area contributed by atoms with Gasteiger partial charge < -0.3 is 47.7 Å². The molecule has 0 amide bonds. The number of methoxy groups -OCH3 is 1. The lowest BCUT2D eigenvalue weighted by molar-refractivity contribution is -0.292. The van der Waals surface area contributed by atoms with Gasteiger partial charge in [0.05, 0.1) is 61.0 Å². The summed E-state index contributed by atoms with van der Waals surface area (Å²) in [6.45, 7) is 14.2. The fourth-order valence-corrected chi connectivity index (χ4v) is 11.4. The number of alkyl halides is 2. The lowest BCUT2D eigenvalue weighted by atomic mass is 9.81. The van der Waals surface area contributed by atoms with Crippen molar-refractivity contribution < 1.29 is 61.3 Å². The number of aliphatic hydroxyl groups excluding tert-OH is 1. The average Bonchev–Trinajstić information content (AvgIpc) is 3.83. The van der Waals surface area contributed by atoms with Gasteiger partial charge >= 0.3 is 0 Å². The van der Waals surface area contributed by atoms with Gasteiger partial charge in [0.1, 0.15) is 42.4 Å². The molecule has 11 nitrogen and oxygen atoms in total. The molecular formula is C42H58F2O11. The highest BCUT2D eigenvalue weighted by Gasteiger charge is 2.68. The molecule has 1 N–H and O–H groups in total. The number of fused-ring (bicyclic) bond motifs is 6. The molecular weight excluding hydrogens is 718 g/mol. The second-order valence-electron chi connectivity index (χ2n) is 17.9. The van der Waals surface area contributed by atoms with Crippen LogP contribution in [0.2, 0.25) is 0 Å². The van der Waals surface area contributed by atoms with Crippen molar-refractivity contribution in [2.24, 2.45) is 11.8 Å². The summed E-state index contributed by atoms with van der Waals surface area (Å²) >= 11 is 0. The maximum Gasteiger partial charge on any atom is 0.291 e. The van der Waals surface area contributed by atoms with Crippen LogP contribution in [0.15, 0.2) is 37.0 Å². The lowest BCUT2D eigenvalue weighted by Gasteiger charge is -2.47. The first-order valence-electron chi connectivity index (χ1n) is 20.7. The molecule has 12 bridgehead atoms. The molecule has 0 aromatic heterocycles. The van der Waals surface area contributed by atoms with Crippen LogP contribution in [0.5, 0.6) is 0 Å². The van der Waals surface area contributed by atoms with E-state index in [0.29, 0.717) is 38.2 Å². The number of ketones is 1. The normalized spacial score (nSPS) is 50.4. The first-order valence-corrected chi connectivity index (χ1v) is 20.7. The summed E-state index contributed by atoms with van der Waals surface area (Å²) in [6, 6.07) is 0. The van der Waals surface area contributed by atoms with E-state index in [-0.39, 0.29) is 92.0 Å². The van der Waals surface area contributed by atoms with Gasteiger partial charge in [-0.25, -0.2) is 0 Å². The highest BCUT2D eigenvalue weighted by atomic mass is 19.3. The van der Waals surface area contributed by atoms with Gasteiger partial charge in [-0.05, 0) is 68.1 Å². The minimum absolute atomic E-state index is 0.00153. The van der Waals surface area contributed by atoms with E-state index in [1.165, 1.54) is 7.11 Å². The minimum Gasteiger partial charge on any atom is -0.386 e. The molecule has 0 aromatic rings. The molecule has 18 unspecified atom stereocenters. The Morgan fingerprint density at radius 3 is 2.36 bits per heavy atom. The minimum atomic E-state index is -3.51. The summed E-state index contributed by atoms with van der Waals surface area (Å²) in [5.74, 6) is -4.68. The van der Waals surface area contributed by atoms with Crippen LogP contribution in [0, 0.1) is 11.8 Å². The van der Waals surface area contributed by atoms with E-state index in [1.54, 1.807) is 0 Å². The summed E-state index contributed by atoms with van der Waals surface area (Å²) < 4.78 is 88.6. The van der Waals surface area contributed by atoms with E-state index in [1.807, 2.05) is 0 Å². The Labute approximate surface area is 322 Å². The maximum atomic E-state index is 14.5. The van der Waals surface area contributed by atoms with Crippen LogP contribution in [-0.4, -0.2) is 127 Å². The molecule has 10 aliphatic rings. The van der Waals surface area contributed by atoms with Crippen LogP contribution in [0.3, 0.4) is 0 Å². The zero-order chi connectivity index (χ0) is 38.4. The molecule has 19 atom stereocenters. The van der Waals surface area contributed by atoms with Crippen molar-refractivity contribution in [2.75, 3.05) is 7.11 Å². The number of aliphatic hydroxyl groups is 1. The summed E-state index contributed by atoms with van der Waals surface area (Å²) in [7, 11) is 1.50. The Hall–Kier alpha value is -1.65. The Morgan fingerprint density at radius 2 is 1.56 bits per heavy atom. The van der Waals surface area contributed by atoms with Crippen molar-refractivity contribution in [3.05, 3.63) is 37.0 Å². The second-order valence-corrected chi connectivity index (χ2v) is 17.9. The quantitative estimate of drug-likeness (QED) is 0.367. The van der Waals surface area contributed by atoms with Gasteiger partial charge in [-0.15, -0.1) is 0 Å². The molecule has 0 aliphatic carbocycles. The number of carbonyl (C=O) groups excluding carboxylic acids is 1. The third-order valence-electron chi connectivity index (χ3n) is 14.4. The summed E-state index contributed by atoms with van der Waals surface area (Å²) in [4.78, 5) is 14.1. The van der Waals surface area contributed by atoms with Gasteiger partial charge in [0.25, 0.3) is 5.92 Å². The molecule has 0 radical (unpaired) electrons. The van der Waals surface area contributed by atoms with Crippen molar-refractivity contribution in [2.45, 2.75) is 200 Å². The van der Waals surface area contributed by atoms with Gasteiger partial charge in [-0.3, -0.25) is 4.79 Å². The lowest BCUT2D eigenvalue weighted by Crippen LogP contribution is -2.61. The van der Waals surface area contributed by atoms with Crippen LogP contribution in [0.25, 0.3) is 0 Å². The molecule has 10 heterocycles. The smallest absolute Gasteiger partial charge is 0.291 e. The van der Waals surface area contributed by atoms with Gasteiger partial charge in [-0.1, -0.05) is 26.7 Å². The zero-order valence-corrected chi connectivity index (χ0v) is 32.1. The molecule has 10 fully saturated rings. The van der Waals surface area contributed by atoms with E-state index in [4.69, 9.17) is 42.6 Å². The highest BCUT2D eigenvalue weighted by molar-refractivity contribution is 5.79. The predicted octanol–water partition coefficient (Wildman–Crippen LogP) is 5.30. The molecule has 1 spiro atoms. The first-order chi connectivity index (χ1) is 26.3. The third-order valence-corrected chi connectivity index (χ3v) is 14.4. The number of ether oxygens (including phenoxy) is 9. The third kappa shape index (κ3) is 7.14. The largest absolute Gasteiger partial charge is 0.386 e. The Balaban J connectivity index is 0.994. The van der Waals surface area contributed by atoms with Crippen molar-refractivity contribution in [1.82, 2.24) is 0 Å². The number of halogens is 2. The zero-order valence-electron chi connectivity index (χ0n) is 32.1. The van der Waals surface area contributed by atoms with Gasteiger partial charge in [0.2, 0.25) is 0 Å². The molecule has 306 valence electrons. The summed E-state index contributed by atoms with van der Waals surface area (Å²) in [5.41, 5.74) is 2.03. The summed E-state index contributed by atoms with van der Waals surface area (Å²) in [6.07, 6.45) is 0.290. The average molecular weight is 777 g/mol. The van der Waals surface area contributed by atoms with Crippen molar-refractivity contribution in [3.63, 3.8) is 0 Å². The Kier molecular flexibility index (Phi) is 10.5. The van der Waals surface area contributed by atoms with Crippen molar-refractivity contribution >= 4 is 5.78 Å². The molecule has 0 saturated carbocycles. The van der Waals surface area contributed by atoms with Crippen molar-refractivity contribution in [1.29, 1.82) is 0 Å². The second kappa shape index (κ2) is 14.9. The molecule has 13 heteroatoms.